The molecule has 2 N–H and O–H groups in total. The van der Waals surface area contributed by atoms with Gasteiger partial charge in [-0.05, 0) is 31.2 Å². The summed E-state index contributed by atoms with van der Waals surface area (Å²) in [4.78, 5) is 4.15. The van der Waals surface area contributed by atoms with Crippen LogP contribution in [0.15, 0.2) is 41.6 Å². The van der Waals surface area contributed by atoms with Gasteiger partial charge in [-0.2, -0.15) is 10.2 Å². The molecule has 0 saturated heterocycles. The van der Waals surface area contributed by atoms with E-state index in [2.05, 4.69) is 25.2 Å². The van der Waals surface area contributed by atoms with Crippen molar-refractivity contribution >= 4 is 15.8 Å². The molecule has 0 amide bonds. The summed E-state index contributed by atoms with van der Waals surface area (Å²) in [5, 5.41) is 10.5. The molecular weight excluding hydrogens is 278 g/mol. The van der Waals surface area contributed by atoms with E-state index in [1.807, 2.05) is 6.92 Å². The number of aromatic nitrogens is 3. The Morgan fingerprint density at radius 3 is 2.70 bits per heavy atom. The number of rotatable bonds is 6. The number of nitrogens with zero attached hydrogens (tertiary/aromatic N) is 3. The van der Waals surface area contributed by atoms with E-state index in [1.165, 1.54) is 18.5 Å². The number of hydrogen-bond donors (Lipinski definition) is 2. The lowest BCUT2D eigenvalue weighted by Crippen LogP contribution is -2.24. The van der Waals surface area contributed by atoms with Crippen LogP contribution in [0, 0.1) is 0 Å². The quantitative estimate of drug-likeness (QED) is 0.817. The lowest BCUT2D eigenvalue weighted by molar-refractivity contribution is 0.579. The van der Waals surface area contributed by atoms with Crippen LogP contribution in [-0.2, 0) is 16.6 Å². The highest BCUT2D eigenvalue weighted by Gasteiger charge is 2.14. The highest BCUT2D eigenvalue weighted by molar-refractivity contribution is 7.89. The zero-order chi connectivity index (χ0) is 14.4. The highest BCUT2D eigenvalue weighted by atomic mass is 32.2. The second-order valence-corrected chi connectivity index (χ2v) is 5.72. The van der Waals surface area contributed by atoms with Gasteiger partial charge in [-0.3, -0.25) is 0 Å². The molecule has 2 heterocycles. The Labute approximate surface area is 117 Å². The minimum absolute atomic E-state index is 0.0884. The summed E-state index contributed by atoms with van der Waals surface area (Å²) in [5.74, 6) is 0.639. The molecular formula is C12H15N5O2S. The van der Waals surface area contributed by atoms with Crippen molar-refractivity contribution in [2.24, 2.45) is 0 Å². The number of sulfonamides is 1. The van der Waals surface area contributed by atoms with E-state index < -0.39 is 10.0 Å². The normalized spacial score (nSPS) is 11.2. The second-order valence-electron chi connectivity index (χ2n) is 3.95. The Bertz CT molecular complexity index is 643. The molecule has 2 rings (SSSR count). The number of hydrogen-bond acceptors (Lipinski definition) is 6. The standard InChI is InChI=1S/C12H15N5O2S/c1-2-13-12-6-5-11(9-14-12)20(18,19)16-8-10-4-3-7-15-17-10/h3-7,9,16H,2,8H2,1H3,(H,13,14). The van der Waals surface area contributed by atoms with E-state index in [4.69, 9.17) is 0 Å². The molecule has 20 heavy (non-hydrogen) atoms. The van der Waals surface area contributed by atoms with E-state index in [9.17, 15) is 8.42 Å². The maximum Gasteiger partial charge on any atom is 0.242 e. The monoisotopic (exact) mass is 293 g/mol. The molecule has 0 fully saturated rings. The first kappa shape index (κ1) is 14.4. The van der Waals surface area contributed by atoms with Gasteiger partial charge in [0, 0.05) is 18.9 Å². The molecule has 2 aromatic heterocycles. The average Bonchev–Trinajstić information content (AvgIpc) is 2.47. The van der Waals surface area contributed by atoms with Crippen molar-refractivity contribution in [2.45, 2.75) is 18.4 Å². The Morgan fingerprint density at radius 2 is 2.10 bits per heavy atom. The van der Waals surface area contributed by atoms with Crippen LogP contribution in [0.5, 0.6) is 0 Å². The molecule has 0 bridgehead atoms. The zero-order valence-electron chi connectivity index (χ0n) is 10.9. The second kappa shape index (κ2) is 6.40. The van der Waals surface area contributed by atoms with E-state index in [-0.39, 0.29) is 11.4 Å². The maximum atomic E-state index is 12.1. The molecule has 0 aliphatic carbocycles. The summed E-state index contributed by atoms with van der Waals surface area (Å²) < 4.78 is 26.6. The molecule has 8 heteroatoms. The van der Waals surface area contributed by atoms with Crippen molar-refractivity contribution < 1.29 is 8.42 Å². The Hall–Kier alpha value is -2.06. The van der Waals surface area contributed by atoms with Gasteiger partial charge in [0.25, 0.3) is 0 Å². The van der Waals surface area contributed by atoms with E-state index in [1.54, 1.807) is 18.2 Å². The molecule has 106 valence electrons. The molecule has 0 aromatic carbocycles. The lowest BCUT2D eigenvalue weighted by Gasteiger charge is -2.07. The predicted octanol–water partition coefficient (Wildman–Crippen LogP) is 0.782. The Balaban J connectivity index is 2.06. The largest absolute Gasteiger partial charge is 0.370 e. The van der Waals surface area contributed by atoms with Crippen LogP contribution in [0.25, 0.3) is 0 Å². The van der Waals surface area contributed by atoms with Gasteiger partial charge in [-0.25, -0.2) is 18.1 Å². The van der Waals surface area contributed by atoms with E-state index in [0.29, 0.717) is 11.5 Å². The minimum atomic E-state index is -3.60. The third-order valence-electron chi connectivity index (χ3n) is 2.48. The number of pyridine rings is 1. The van der Waals surface area contributed by atoms with Gasteiger partial charge in [0.05, 0.1) is 12.2 Å². The molecule has 0 aliphatic heterocycles. The molecule has 0 spiro atoms. The first-order valence-electron chi connectivity index (χ1n) is 6.08. The first-order chi connectivity index (χ1) is 9.62. The van der Waals surface area contributed by atoms with Crippen molar-refractivity contribution in [1.29, 1.82) is 0 Å². The SMILES string of the molecule is CCNc1ccc(S(=O)(=O)NCc2cccnn2)cn1. The number of nitrogens with one attached hydrogen (secondary N) is 2. The first-order valence-corrected chi connectivity index (χ1v) is 7.56. The van der Waals surface area contributed by atoms with Crippen molar-refractivity contribution in [3.63, 3.8) is 0 Å². The van der Waals surface area contributed by atoms with Gasteiger partial charge >= 0.3 is 0 Å². The van der Waals surface area contributed by atoms with Gasteiger partial charge in [-0.15, -0.1) is 0 Å². The smallest absolute Gasteiger partial charge is 0.242 e. The fourth-order valence-corrected chi connectivity index (χ4v) is 2.45. The van der Waals surface area contributed by atoms with Crippen LogP contribution >= 0.6 is 0 Å². The molecule has 0 unspecified atom stereocenters. The van der Waals surface area contributed by atoms with Crippen molar-refractivity contribution in [3.8, 4) is 0 Å². The van der Waals surface area contributed by atoms with E-state index in [0.717, 1.165) is 6.54 Å². The van der Waals surface area contributed by atoms with Crippen LogP contribution in [0.4, 0.5) is 5.82 Å². The summed E-state index contributed by atoms with van der Waals surface area (Å²) >= 11 is 0. The van der Waals surface area contributed by atoms with Gasteiger partial charge in [0.15, 0.2) is 0 Å². The predicted molar refractivity (Wildman–Crippen MR) is 74.5 cm³/mol. The topological polar surface area (TPSA) is 96.9 Å². The van der Waals surface area contributed by atoms with Crippen LogP contribution in [0.3, 0.4) is 0 Å². The molecule has 0 atom stereocenters. The van der Waals surface area contributed by atoms with Crippen LogP contribution in [-0.4, -0.2) is 30.1 Å². The zero-order valence-corrected chi connectivity index (χ0v) is 11.8. The van der Waals surface area contributed by atoms with Crippen molar-refractivity contribution in [2.75, 3.05) is 11.9 Å². The fourth-order valence-electron chi connectivity index (χ4n) is 1.50. The lowest BCUT2D eigenvalue weighted by atomic mass is 10.4. The van der Waals surface area contributed by atoms with E-state index >= 15 is 0 Å². The van der Waals surface area contributed by atoms with Crippen LogP contribution < -0.4 is 10.0 Å². The average molecular weight is 293 g/mol. The van der Waals surface area contributed by atoms with Gasteiger partial charge in [0.2, 0.25) is 10.0 Å². The van der Waals surface area contributed by atoms with Gasteiger partial charge < -0.3 is 5.32 Å². The summed E-state index contributed by atoms with van der Waals surface area (Å²) in [7, 11) is -3.60. The minimum Gasteiger partial charge on any atom is -0.370 e. The third kappa shape index (κ3) is 3.72. The Morgan fingerprint density at radius 1 is 1.25 bits per heavy atom. The van der Waals surface area contributed by atoms with Crippen LogP contribution in [0.1, 0.15) is 12.6 Å². The molecule has 0 aliphatic rings. The summed E-state index contributed by atoms with van der Waals surface area (Å²) in [6.45, 7) is 2.75. The fraction of sp³-hybridized carbons (Fsp3) is 0.250. The van der Waals surface area contributed by atoms with Gasteiger partial charge in [-0.1, -0.05) is 0 Å². The summed E-state index contributed by atoms with van der Waals surface area (Å²) in [5.41, 5.74) is 0.549. The third-order valence-corrected chi connectivity index (χ3v) is 3.86. The summed E-state index contributed by atoms with van der Waals surface area (Å²) in [6, 6.07) is 6.52. The van der Waals surface area contributed by atoms with Crippen LogP contribution in [0.2, 0.25) is 0 Å². The molecule has 0 radical (unpaired) electrons. The molecule has 2 aromatic rings. The Kier molecular flexibility index (Phi) is 4.59. The number of anilines is 1. The highest BCUT2D eigenvalue weighted by Crippen LogP contribution is 2.10. The molecule has 7 nitrogen and oxygen atoms in total. The van der Waals surface area contributed by atoms with Gasteiger partial charge in [0.1, 0.15) is 10.7 Å². The van der Waals surface area contributed by atoms with Crippen molar-refractivity contribution in [1.82, 2.24) is 19.9 Å². The molecule has 0 saturated carbocycles. The summed E-state index contributed by atoms with van der Waals surface area (Å²) in [6.07, 6.45) is 2.85. The van der Waals surface area contributed by atoms with Crippen molar-refractivity contribution in [3.05, 3.63) is 42.4 Å². The maximum absolute atomic E-state index is 12.1.